The van der Waals surface area contributed by atoms with Crippen LogP contribution in [0, 0.1) is 0 Å². The molecule has 130 valence electrons. The smallest absolute Gasteiger partial charge is 0.293 e. The normalized spacial score (nSPS) is 11.4. The highest BCUT2D eigenvalue weighted by molar-refractivity contribution is 7.92. The van der Waals surface area contributed by atoms with E-state index in [1.165, 1.54) is 24.4 Å². The number of thiophene rings is 1. The summed E-state index contributed by atoms with van der Waals surface area (Å²) in [5.41, 5.74) is 0.139. The van der Waals surface area contributed by atoms with Crippen LogP contribution < -0.4 is 10.3 Å². The summed E-state index contributed by atoms with van der Waals surface area (Å²) >= 11 is 1.13. The van der Waals surface area contributed by atoms with E-state index in [9.17, 15) is 18.3 Å². The van der Waals surface area contributed by atoms with Gasteiger partial charge in [0.2, 0.25) is 9.84 Å². The Labute approximate surface area is 148 Å². The summed E-state index contributed by atoms with van der Waals surface area (Å²) in [7, 11) is -2.13. The van der Waals surface area contributed by atoms with Crippen LogP contribution in [0.3, 0.4) is 0 Å². The van der Waals surface area contributed by atoms with E-state index in [1.807, 2.05) is 12.1 Å². The molecule has 3 aromatic rings. The van der Waals surface area contributed by atoms with Gasteiger partial charge in [-0.3, -0.25) is 9.36 Å². The maximum atomic E-state index is 12.6. The second kappa shape index (κ2) is 6.73. The minimum Gasteiger partial charge on any atom is -0.503 e. The lowest BCUT2D eigenvalue weighted by molar-refractivity contribution is 0.415. The molecule has 0 saturated carbocycles. The molecule has 2 aromatic heterocycles. The second-order valence-corrected chi connectivity index (χ2v) is 8.53. The molecule has 0 fully saturated rings. The average molecular weight is 377 g/mol. The van der Waals surface area contributed by atoms with Crippen molar-refractivity contribution in [1.29, 1.82) is 0 Å². The molecule has 0 aliphatic heterocycles. The van der Waals surface area contributed by atoms with Crippen LogP contribution in [0.15, 0.2) is 63.7 Å². The van der Waals surface area contributed by atoms with Gasteiger partial charge < -0.3 is 9.84 Å². The van der Waals surface area contributed by atoms with E-state index in [0.717, 1.165) is 32.1 Å². The number of nitrogens with zero attached hydrogens (tertiary/aromatic N) is 1. The first-order chi connectivity index (χ1) is 11.9. The number of sulfone groups is 1. The van der Waals surface area contributed by atoms with Crippen molar-refractivity contribution in [2.45, 2.75) is 10.1 Å². The van der Waals surface area contributed by atoms with Crippen molar-refractivity contribution in [1.82, 2.24) is 4.57 Å². The van der Waals surface area contributed by atoms with Crippen molar-refractivity contribution in [3.05, 3.63) is 65.1 Å². The number of rotatable bonds is 5. The summed E-state index contributed by atoms with van der Waals surface area (Å²) in [5, 5.41) is 9.43. The minimum absolute atomic E-state index is 0.161. The highest BCUT2D eigenvalue weighted by atomic mass is 32.2. The van der Waals surface area contributed by atoms with Crippen molar-refractivity contribution in [2.75, 3.05) is 7.11 Å². The number of hydrogen-bond donors (Lipinski definition) is 1. The summed E-state index contributed by atoms with van der Waals surface area (Å²) in [6.07, 6.45) is 1.33. The fourth-order valence-electron chi connectivity index (χ4n) is 2.27. The molecule has 0 aliphatic rings. The summed E-state index contributed by atoms with van der Waals surface area (Å²) < 4.78 is 31.4. The Morgan fingerprint density at radius 3 is 2.52 bits per heavy atom. The lowest BCUT2D eigenvalue weighted by Gasteiger charge is -2.06. The highest BCUT2D eigenvalue weighted by Crippen LogP contribution is 2.32. The van der Waals surface area contributed by atoms with Gasteiger partial charge >= 0.3 is 0 Å². The maximum Gasteiger partial charge on any atom is 0.293 e. The minimum atomic E-state index is -3.71. The summed E-state index contributed by atoms with van der Waals surface area (Å²) in [4.78, 5) is 12.6. The molecule has 0 aliphatic carbocycles. The monoisotopic (exact) mass is 377 g/mol. The number of methoxy groups -OCH3 is 1. The number of hydrogen-bond acceptors (Lipinski definition) is 6. The zero-order chi connectivity index (χ0) is 18.0. The van der Waals surface area contributed by atoms with Crippen LogP contribution >= 0.6 is 11.3 Å². The molecule has 2 heterocycles. The van der Waals surface area contributed by atoms with Gasteiger partial charge in [0, 0.05) is 11.1 Å². The van der Waals surface area contributed by atoms with Crippen molar-refractivity contribution < 1.29 is 18.3 Å². The Morgan fingerprint density at radius 1 is 1.12 bits per heavy atom. The first-order valence-electron chi connectivity index (χ1n) is 7.26. The average Bonchev–Trinajstić information content (AvgIpc) is 3.10. The SMILES string of the molecule is COc1ccc(-c2ccc(S(=O)(=O)Cn3cccc(O)c3=O)s2)cc1. The van der Waals surface area contributed by atoms with Gasteiger partial charge in [0.1, 0.15) is 15.8 Å². The van der Waals surface area contributed by atoms with Crippen LogP contribution in [0.2, 0.25) is 0 Å². The van der Waals surface area contributed by atoms with Crippen LogP contribution in [-0.2, 0) is 15.7 Å². The fourth-order valence-corrected chi connectivity index (χ4v) is 4.92. The van der Waals surface area contributed by atoms with Crippen LogP contribution in [0.5, 0.6) is 11.5 Å². The Kier molecular flexibility index (Phi) is 4.65. The van der Waals surface area contributed by atoms with Crippen molar-refractivity contribution in [3.63, 3.8) is 0 Å². The third kappa shape index (κ3) is 3.59. The second-order valence-electron chi connectivity index (χ2n) is 5.26. The summed E-state index contributed by atoms with van der Waals surface area (Å²) in [6.45, 7) is 0. The van der Waals surface area contributed by atoms with Crippen molar-refractivity contribution >= 4 is 21.2 Å². The molecule has 1 aromatic carbocycles. The predicted octanol–water partition coefficient (Wildman–Crippen LogP) is 2.72. The van der Waals surface area contributed by atoms with Crippen LogP contribution in [0.1, 0.15) is 0 Å². The molecule has 0 unspecified atom stereocenters. The van der Waals surface area contributed by atoms with E-state index in [1.54, 1.807) is 25.3 Å². The van der Waals surface area contributed by atoms with Gasteiger partial charge in [-0.15, -0.1) is 11.3 Å². The molecule has 6 nitrogen and oxygen atoms in total. The van der Waals surface area contributed by atoms with Gasteiger partial charge in [-0.25, -0.2) is 8.42 Å². The molecule has 8 heteroatoms. The molecule has 0 spiro atoms. The Balaban J connectivity index is 1.89. The zero-order valence-corrected chi connectivity index (χ0v) is 14.9. The van der Waals surface area contributed by atoms with E-state index in [-0.39, 0.29) is 4.21 Å². The van der Waals surface area contributed by atoms with Gasteiger partial charge in [-0.05, 0) is 54.1 Å². The molecule has 0 bridgehead atoms. The third-order valence-corrected chi connectivity index (χ3v) is 6.88. The molecule has 0 radical (unpaired) electrons. The van der Waals surface area contributed by atoms with E-state index in [0.29, 0.717) is 0 Å². The number of benzene rings is 1. The quantitative estimate of drug-likeness (QED) is 0.739. The van der Waals surface area contributed by atoms with Gasteiger partial charge in [-0.1, -0.05) is 0 Å². The van der Waals surface area contributed by atoms with E-state index in [4.69, 9.17) is 4.74 Å². The first-order valence-corrected chi connectivity index (χ1v) is 9.73. The molecule has 25 heavy (non-hydrogen) atoms. The van der Waals surface area contributed by atoms with Gasteiger partial charge in [0.05, 0.1) is 7.11 Å². The van der Waals surface area contributed by atoms with Gasteiger partial charge in [0.25, 0.3) is 5.56 Å². The molecular formula is C17H15NO5S2. The number of aromatic hydroxyl groups is 1. The molecular weight excluding hydrogens is 362 g/mol. The van der Waals surface area contributed by atoms with E-state index in [2.05, 4.69) is 0 Å². The lowest BCUT2D eigenvalue weighted by atomic mass is 10.2. The molecule has 0 atom stereocenters. The number of aromatic nitrogens is 1. The zero-order valence-electron chi connectivity index (χ0n) is 13.2. The van der Waals surface area contributed by atoms with Gasteiger partial charge in [0.15, 0.2) is 5.75 Å². The van der Waals surface area contributed by atoms with Crippen molar-refractivity contribution in [3.8, 4) is 21.9 Å². The van der Waals surface area contributed by atoms with Crippen LogP contribution in [0.4, 0.5) is 0 Å². The van der Waals surface area contributed by atoms with E-state index < -0.39 is 27.0 Å². The van der Waals surface area contributed by atoms with Crippen LogP contribution in [-0.4, -0.2) is 25.2 Å². The Morgan fingerprint density at radius 2 is 1.84 bits per heavy atom. The summed E-state index contributed by atoms with van der Waals surface area (Å²) in [6, 6.07) is 13.2. The first kappa shape index (κ1) is 17.2. The topological polar surface area (TPSA) is 85.6 Å². The molecule has 0 saturated heterocycles. The molecule has 1 N–H and O–H groups in total. The standard InChI is InChI=1S/C17H15NO5S2/c1-23-13-6-4-12(5-7-13)15-8-9-16(24-15)25(21,22)11-18-10-2-3-14(19)17(18)20/h2-10,19H,11H2,1H3. The lowest BCUT2D eigenvalue weighted by Crippen LogP contribution is -2.22. The maximum absolute atomic E-state index is 12.6. The highest BCUT2D eigenvalue weighted by Gasteiger charge is 2.19. The van der Waals surface area contributed by atoms with Gasteiger partial charge in [-0.2, -0.15) is 0 Å². The number of ether oxygens (including phenoxy) is 1. The number of pyridine rings is 1. The van der Waals surface area contributed by atoms with Crippen LogP contribution in [0.25, 0.3) is 10.4 Å². The fraction of sp³-hybridized carbons (Fsp3) is 0.118. The molecule has 0 amide bonds. The van der Waals surface area contributed by atoms with Crippen molar-refractivity contribution in [2.24, 2.45) is 0 Å². The predicted molar refractivity (Wildman–Crippen MR) is 95.9 cm³/mol. The Bertz CT molecular complexity index is 1050. The third-order valence-electron chi connectivity index (χ3n) is 3.57. The molecule has 3 rings (SSSR count). The Hall–Kier alpha value is -2.58. The van der Waals surface area contributed by atoms with E-state index >= 15 is 0 Å². The summed E-state index contributed by atoms with van der Waals surface area (Å²) in [5.74, 6) is -0.290. The largest absolute Gasteiger partial charge is 0.503 e.